The Bertz CT molecular complexity index is 779. The summed E-state index contributed by atoms with van der Waals surface area (Å²) in [5.41, 5.74) is 0.679. The predicted molar refractivity (Wildman–Crippen MR) is 80.5 cm³/mol. The van der Waals surface area contributed by atoms with Crippen molar-refractivity contribution in [2.24, 2.45) is 0 Å². The first kappa shape index (κ1) is 15.7. The molecule has 0 aliphatic rings. The van der Waals surface area contributed by atoms with Gasteiger partial charge in [0.15, 0.2) is 0 Å². The Morgan fingerprint density at radius 1 is 1.32 bits per heavy atom. The van der Waals surface area contributed by atoms with E-state index >= 15 is 0 Å². The molecule has 0 aromatic carbocycles. The number of carbonyl (C=O) groups is 1. The minimum absolute atomic E-state index is 0.0675. The third-order valence-corrected chi connectivity index (χ3v) is 3.12. The van der Waals surface area contributed by atoms with Gasteiger partial charge in [0, 0.05) is 17.2 Å². The molecule has 8 nitrogen and oxygen atoms in total. The minimum atomic E-state index is -0.596. The number of nitrogens with one attached hydrogen (secondary N) is 4. The largest absolute Gasteiger partial charge is 0.350 e. The fourth-order valence-electron chi connectivity index (χ4n) is 1.83. The first-order valence-electron chi connectivity index (χ1n) is 6.88. The summed E-state index contributed by atoms with van der Waals surface area (Å²) in [6.07, 6.45) is 1.14. The average molecular weight is 305 g/mol. The van der Waals surface area contributed by atoms with Gasteiger partial charge in [-0.25, -0.2) is 4.79 Å². The molecule has 0 aliphatic carbocycles. The van der Waals surface area contributed by atoms with Gasteiger partial charge in [-0.3, -0.25) is 19.7 Å². The quantitative estimate of drug-likeness (QED) is 0.632. The highest BCUT2D eigenvalue weighted by atomic mass is 16.2. The van der Waals surface area contributed by atoms with Gasteiger partial charge in [0.1, 0.15) is 0 Å². The molecule has 8 heteroatoms. The van der Waals surface area contributed by atoms with Gasteiger partial charge in [-0.05, 0) is 6.07 Å². The van der Waals surface area contributed by atoms with E-state index in [1.54, 1.807) is 0 Å². The third kappa shape index (κ3) is 3.94. The summed E-state index contributed by atoms with van der Waals surface area (Å²) in [7, 11) is 0. The number of H-pyrrole nitrogens is 3. The molecule has 22 heavy (non-hydrogen) atoms. The predicted octanol–water partition coefficient (Wildman–Crippen LogP) is -0.0573. The van der Waals surface area contributed by atoms with E-state index in [-0.39, 0.29) is 23.3 Å². The van der Waals surface area contributed by atoms with Crippen molar-refractivity contribution in [1.29, 1.82) is 0 Å². The van der Waals surface area contributed by atoms with Crippen LogP contribution >= 0.6 is 0 Å². The topological polar surface area (TPSA) is 123 Å². The van der Waals surface area contributed by atoms with Crippen LogP contribution in [-0.4, -0.2) is 26.1 Å². The molecule has 0 saturated carbocycles. The van der Waals surface area contributed by atoms with E-state index in [1.165, 1.54) is 6.20 Å². The Balaban J connectivity index is 1.94. The van der Waals surface area contributed by atoms with E-state index in [0.717, 1.165) is 11.4 Å². The fourth-order valence-corrected chi connectivity index (χ4v) is 1.83. The van der Waals surface area contributed by atoms with Gasteiger partial charge in [0.05, 0.1) is 24.4 Å². The summed E-state index contributed by atoms with van der Waals surface area (Å²) in [6.45, 7) is 6.44. The Morgan fingerprint density at radius 2 is 2.05 bits per heavy atom. The summed E-state index contributed by atoms with van der Waals surface area (Å²) in [5, 5.41) is 9.77. The molecule has 2 heterocycles. The molecule has 2 aromatic rings. The SMILES string of the molecule is CC(C)(C)c1cc(CNC(=O)Cc2c[nH]c(=O)[nH]c2=O)[nH]n1. The number of hydrogen-bond acceptors (Lipinski definition) is 4. The lowest BCUT2D eigenvalue weighted by Crippen LogP contribution is -2.30. The highest BCUT2D eigenvalue weighted by Gasteiger charge is 2.17. The molecule has 0 spiro atoms. The second-order valence-electron chi connectivity index (χ2n) is 6.08. The van der Waals surface area contributed by atoms with Crippen LogP contribution in [0.3, 0.4) is 0 Å². The molecule has 0 atom stereocenters. The van der Waals surface area contributed by atoms with Crippen molar-refractivity contribution < 1.29 is 4.79 Å². The van der Waals surface area contributed by atoms with E-state index in [1.807, 2.05) is 26.8 Å². The summed E-state index contributed by atoms with van der Waals surface area (Å²) in [6, 6.07) is 1.90. The van der Waals surface area contributed by atoms with Crippen molar-refractivity contribution in [2.75, 3.05) is 0 Å². The molecule has 0 saturated heterocycles. The third-order valence-electron chi connectivity index (χ3n) is 3.12. The van der Waals surface area contributed by atoms with Crippen LogP contribution in [0.2, 0.25) is 0 Å². The molecule has 1 amide bonds. The molecule has 0 fully saturated rings. The zero-order valence-corrected chi connectivity index (χ0v) is 12.7. The van der Waals surface area contributed by atoms with Gasteiger partial charge in [0.2, 0.25) is 5.91 Å². The Morgan fingerprint density at radius 3 is 2.64 bits per heavy atom. The lowest BCUT2D eigenvalue weighted by atomic mass is 9.92. The maximum atomic E-state index is 11.8. The normalized spacial score (nSPS) is 11.4. The summed E-state index contributed by atoms with van der Waals surface area (Å²) in [5.74, 6) is -0.315. The molecular weight excluding hydrogens is 286 g/mol. The van der Waals surface area contributed by atoms with Gasteiger partial charge < -0.3 is 10.3 Å². The van der Waals surface area contributed by atoms with Crippen LogP contribution in [0.5, 0.6) is 0 Å². The van der Waals surface area contributed by atoms with E-state index in [4.69, 9.17) is 0 Å². The molecular formula is C14H19N5O3. The van der Waals surface area contributed by atoms with Gasteiger partial charge in [0.25, 0.3) is 5.56 Å². The van der Waals surface area contributed by atoms with Crippen molar-refractivity contribution in [3.63, 3.8) is 0 Å². The van der Waals surface area contributed by atoms with Crippen LogP contribution in [-0.2, 0) is 23.2 Å². The van der Waals surface area contributed by atoms with Crippen LogP contribution in [0.1, 0.15) is 37.7 Å². The summed E-state index contributed by atoms with van der Waals surface area (Å²) in [4.78, 5) is 38.6. The standard InChI is InChI=1S/C14H19N5O3/c1-14(2,3)10-5-9(18-19-10)7-15-11(20)4-8-6-16-13(22)17-12(8)21/h5-6H,4,7H2,1-3H3,(H,15,20)(H,18,19)(H2,16,17,21,22). The van der Waals surface area contributed by atoms with Crippen LogP contribution in [0.4, 0.5) is 0 Å². The highest BCUT2D eigenvalue weighted by Crippen LogP contribution is 2.20. The number of aromatic nitrogens is 4. The molecule has 0 aliphatic heterocycles. The number of carbonyl (C=O) groups excluding carboxylic acids is 1. The first-order valence-corrected chi connectivity index (χ1v) is 6.88. The van der Waals surface area contributed by atoms with E-state index < -0.39 is 11.2 Å². The van der Waals surface area contributed by atoms with Crippen LogP contribution < -0.4 is 16.6 Å². The van der Waals surface area contributed by atoms with Crippen molar-refractivity contribution >= 4 is 5.91 Å². The van der Waals surface area contributed by atoms with E-state index in [9.17, 15) is 14.4 Å². The molecule has 118 valence electrons. The second kappa shape index (κ2) is 6.00. The lowest BCUT2D eigenvalue weighted by molar-refractivity contribution is -0.120. The minimum Gasteiger partial charge on any atom is -0.350 e. The second-order valence-corrected chi connectivity index (χ2v) is 6.08. The lowest BCUT2D eigenvalue weighted by Gasteiger charge is -2.13. The van der Waals surface area contributed by atoms with Crippen molar-refractivity contribution in [1.82, 2.24) is 25.5 Å². The Kier molecular flexibility index (Phi) is 4.30. The molecule has 0 bridgehead atoms. The zero-order chi connectivity index (χ0) is 16.3. The van der Waals surface area contributed by atoms with E-state index in [0.29, 0.717) is 6.54 Å². The maximum absolute atomic E-state index is 11.8. The monoisotopic (exact) mass is 305 g/mol. The highest BCUT2D eigenvalue weighted by molar-refractivity contribution is 5.78. The number of hydrogen-bond donors (Lipinski definition) is 4. The number of amides is 1. The van der Waals surface area contributed by atoms with Crippen molar-refractivity contribution in [2.45, 2.75) is 39.2 Å². The smallest absolute Gasteiger partial charge is 0.325 e. The number of rotatable bonds is 4. The molecule has 2 aromatic heterocycles. The fraction of sp³-hybridized carbons (Fsp3) is 0.429. The summed E-state index contributed by atoms with van der Waals surface area (Å²) >= 11 is 0. The Labute approximate surface area is 126 Å². The average Bonchev–Trinajstić information content (AvgIpc) is 2.88. The van der Waals surface area contributed by atoms with Gasteiger partial charge in [-0.15, -0.1) is 0 Å². The van der Waals surface area contributed by atoms with Gasteiger partial charge >= 0.3 is 5.69 Å². The Hall–Kier alpha value is -2.64. The summed E-state index contributed by atoms with van der Waals surface area (Å²) < 4.78 is 0. The first-order chi connectivity index (χ1) is 10.3. The molecule has 4 N–H and O–H groups in total. The number of aromatic amines is 3. The maximum Gasteiger partial charge on any atom is 0.325 e. The number of nitrogens with zero attached hydrogens (tertiary/aromatic N) is 1. The van der Waals surface area contributed by atoms with Crippen LogP contribution in [0.25, 0.3) is 0 Å². The van der Waals surface area contributed by atoms with Crippen LogP contribution in [0, 0.1) is 0 Å². The van der Waals surface area contributed by atoms with Gasteiger partial charge in [-0.1, -0.05) is 20.8 Å². The van der Waals surface area contributed by atoms with E-state index in [2.05, 4.69) is 25.5 Å². The molecule has 0 radical (unpaired) electrons. The molecule has 0 unspecified atom stereocenters. The van der Waals surface area contributed by atoms with Crippen LogP contribution in [0.15, 0.2) is 21.9 Å². The van der Waals surface area contributed by atoms with Gasteiger partial charge in [-0.2, -0.15) is 5.10 Å². The van der Waals surface area contributed by atoms with Crippen molar-refractivity contribution in [3.05, 3.63) is 50.1 Å². The zero-order valence-electron chi connectivity index (χ0n) is 12.7. The molecule has 2 rings (SSSR count). The van der Waals surface area contributed by atoms with Crippen molar-refractivity contribution in [3.8, 4) is 0 Å².